The van der Waals surface area contributed by atoms with Crippen LogP contribution in [-0.2, 0) is 20.9 Å². The van der Waals surface area contributed by atoms with Crippen LogP contribution < -0.4 is 9.64 Å². The van der Waals surface area contributed by atoms with E-state index in [2.05, 4.69) is 0 Å². The largest absolute Gasteiger partial charge is 0.497 e. The van der Waals surface area contributed by atoms with Gasteiger partial charge in [0.15, 0.2) is 0 Å². The lowest BCUT2D eigenvalue weighted by Gasteiger charge is -2.48. The van der Waals surface area contributed by atoms with E-state index in [-0.39, 0.29) is 36.8 Å². The van der Waals surface area contributed by atoms with Crippen LogP contribution in [0.2, 0.25) is 0 Å². The third-order valence-corrected chi connectivity index (χ3v) is 7.60. The normalized spacial score (nSPS) is 23.0. The third kappa shape index (κ3) is 4.46. The number of carbonyl (C=O) groups is 3. The number of nitrogens with zero attached hydrogens (tertiary/aromatic N) is 3. The minimum Gasteiger partial charge on any atom is -0.497 e. The number of carbonyl (C=O) groups excluding carboxylic acids is 3. The first-order valence-corrected chi connectivity index (χ1v) is 12.7. The van der Waals surface area contributed by atoms with Crippen LogP contribution in [0.1, 0.15) is 54.9 Å². The van der Waals surface area contributed by atoms with E-state index in [0.29, 0.717) is 37.2 Å². The fourth-order valence-corrected chi connectivity index (χ4v) is 5.69. The van der Waals surface area contributed by atoms with Crippen LogP contribution in [-0.4, -0.2) is 66.1 Å². The highest BCUT2D eigenvalue weighted by Gasteiger charge is 2.52. The predicted octanol–water partition coefficient (Wildman–Crippen LogP) is 3.59. The second-order valence-corrected chi connectivity index (χ2v) is 9.93. The molecule has 36 heavy (non-hydrogen) atoms. The number of rotatable bonds is 8. The molecule has 2 fully saturated rings. The molecule has 0 aromatic heterocycles. The third-order valence-electron chi connectivity index (χ3n) is 7.60. The zero-order valence-electron chi connectivity index (χ0n) is 20.9. The van der Waals surface area contributed by atoms with Crippen molar-refractivity contribution in [2.45, 2.75) is 57.3 Å². The number of para-hydroxylation sites is 1. The molecule has 2 unspecified atom stereocenters. The van der Waals surface area contributed by atoms with Crippen LogP contribution in [0, 0.1) is 0 Å². The van der Waals surface area contributed by atoms with Crippen LogP contribution in [0.5, 0.6) is 5.75 Å². The summed E-state index contributed by atoms with van der Waals surface area (Å²) in [6.07, 6.45) is 3.03. The van der Waals surface area contributed by atoms with Crippen LogP contribution in [0.4, 0.5) is 5.69 Å². The van der Waals surface area contributed by atoms with E-state index >= 15 is 0 Å². The molecule has 0 bridgehead atoms. The van der Waals surface area contributed by atoms with Gasteiger partial charge in [-0.05, 0) is 56.0 Å². The SMILES string of the molecule is COc1cccc(CN(CC2CCCO2)C(=O)CCN2C(=O)c3ccccc3N3C(=O)CCC23C)c1. The number of ether oxygens (including phenoxy) is 2. The van der Waals surface area contributed by atoms with E-state index in [0.717, 1.165) is 30.8 Å². The summed E-state index contributed by atoms with van der Waals surface area (Å²) in [5, 5.41) is 0. The second kappa shape index (κ2) is 9.93. The first-order chi connectivity index (χ1) is 17.4. The second-order valence-electron chi connectivity index (χ2n) is 9.93. The molecule has 5 rings (SSSR count). The summed E-state index contributed by atoms with van der Waals surface area (Å²) < 4.78 is 11.2. The van der Waals surface area contributed by atoms with Gasteiger partial charge in [-0.3, -0.25) is 19.3 Å². The van der Waals surface area contributed by atoms with E-state index < -0.39 is 5.66 Å². The first-order valence-electron chi connectivity index (χ1n) is 12.7. The summed E-state index contributed by atoms with van der Waals surface area (Å²) in [6, 6.07) is 14.9. The number of anilines is 1. The van der Waals surface area contributed by atoms with Gasteiger partial charge in [0.05, 0.1) is 24.5 Å². The molecule has 2 atom stereocenters. The monoisotopic (exact) mass is 491 g/mol. The van der Waals surface area contributed by atoms with E-state index in [1.807, 2.05) is 48.2 Å². The number of hydrogen-bond donors (Lipinski definition) is 0. The fourth-order valence-electron chi connectivity index (χ4n) is 5.69. The Balaban J connectivity index is 1.35. The molecule has 0 N–H and O–H groups in total. The smallest absolute Gasteiger partial charge is 0.257 e. The van der Waals surface area contributed by atoms with Crippen molar-refractivity contribution in [3.05, 3.63) is 59.7 Å². The molecule has 8 heteroatoms. The predicted molar refractivity (Wildman–Crippen MR) is 135 cm³/mol. The molecule has 8 nitrogen and oxygen atoms in total. The zero-order chi connectivity index (χ0) is 25.3. The van der Waals surface area contributed by atoms with Crippen molar-refractivity contribution >= 4 is 23.4 Å². The minimum absolute atomic E-state index is 0.00631. The summed E-state index contributed by atoms with van der Waals surface area (Å²) in [5.74, 6) is 0.574. The quantitative estimate of drug-likeness (QED) is 0.564. The van der Waals surface area contributed by atoms with Crippen molar-refractivity contribution in [2.75, 3.05) is 31.7 Å². The summed E-state index contributed by atoms with van der Waals surface area (Å²) in [4.78, 5) is 45.2. The number of methoxy groups -OCH3 is 1. The van der Waals surface area contributed by atoms with Gasteiger partial charge in [0, 0.05) is 39.1 Å². The average molecular weight is 492 g/mol. The summed E-state index contributed by atoms with van der Waals surface area (Å²) >= 11 is 0. The molecule has 3 amide bonds. The Hall–Kier alpha value is -3.39. The molecule has 0 spiro atoms. The Morgan fingerprint density at radius 3 is 2.81 bits per heavy atom. The van der Waals surface area contributed by atoms with Crippen molar-refractivity contribution < 1.29 is 23.9 Å². The number of amides is 3. The van der Waals surface area contributed by atoms with Gasteiger partial charge in [0.2, 0.25) is 11.8 Å². The molecule has 0 saturated carbocycles. The maximum absolute atomic E-state index is 13.6. The molecular weight excluding hydrogens is 458 g/mol. The first kappa shape index (κ1) is 24.3. The van der Waals surface area contributed by atoms with E-state index in [1.54, 1.807) is 29.0 Å². The van der Waals surface area contributed by atoms with Crippen molar-refractivity contribution in [3.63, 3.8) is 0 Å². The summed E-state index contributed by atoms with van der Waals surface area (Å²) in [5.41, 5.74) is 1.37. The van der Waals surface area contributed by atoms with E-state index in [4.69, 9.17) is 9.47 Å². The molecule has 0 aliphatic carbocycles. The number of hydrogen-bond acceptors (Lipinski definition) is 5. The van der Waals surface area contributed by atoms with Crippen LogP contribution in [0.15, 0.2) is 48.5 Å². The van der Waals surface area contributed by atoms with E-state index in [9.17, 15) is 14.4 Å². The Morgan fingerprint density at radius 1 is 1.19 bits per heavy atom. The van der Waals surface area contributed by atoms with Crippen molar-refractivity contribution in [3.8, 4) is 5.75 Å². The van der Waals surface area contributed by atoms with Gasteiger partial charge >= 0.3 is 0 Å². The van der Waals surface area contributed by atoms with Gasteiger partial charge in [-0.25, -0.2) is 0 Å². The molecule has 0 radical (unpaired) electrons. The maximum Gasteiger partial charge on any atom is 0.257 e. The lowest BCUT2D eigenvalue weighted by Crippen LogP contribution is -2.62. The van der Waals surface area contributed by atoms with Gasteiger partial charge in [-0.15, -0.1) is 0 Å². The number of benzene rings is 2. The van der Waals surface area contributed by atoms with Gasteiger partial charge in [-0.1, -0.05) is 24.3 Å². The van der Waals surface area contributed by atoms with Gasteiger partial charge < -0.3 is 19.3 Å². The Morgan fingerprint density at radius 2 is 2.03 bits per heavy atom. The van der Waals surface area contributed by atoms with Crippen molar-refractivity contribution in [1.82, 2.24) is 9.80 Å². The maximum atomic E-state index is 13.6. The molecule has 3 aliphatic heterocycles. The molecule has 190 valence electrons. The topological polar surface area (TPSA) is 79.4 Å². The lowest BCUT2D eigenvalue weighted by molar-refractivity contribution is -0.133. The van der Waals surface area contributed by atoms with E-state index in [1.165, 1.54) is 0 Å². The van der Waals surface area contributed by atoms with Crippen LogP contribution in [0.25, 0.3) is 0 Å². The van der Waals surface area contributed by atoms with Crippen molar-refractivity contribution in [2.24, 2.45) is 0 Å². The minimum atomic E-state index is -0.769. The molecule has 3 aliphatic rings. The lowest BCUT2D eigenvalue weighted by atomic mass is 9.98. The molecular formula is C28H33N3O5. The molecule has 3 heterocycles. The Bertz CT molecular complexity index is 1160. The highest BCUT2D eigenvalue weighted by atomic mass is 16.5. The summed E-state index contributed by atoms with van der Waals surface area (Å²) in [7, 11) is 1.62. The number of fused-ring (bicyclic) bond motifs is 3. The zero-order valence-corrected chi connectivity index (χ0v) is 20.9. The average Bonchev–Trinajstić information content (AvgIpc) is 3.51. The van der Waals surface area contributed by atoms with Gasteiger partial charge in [0.1, 0.15) is 11.4 Å². The molecule has 2 aromatic rings. The van der Waals surface area contributed by atoms with Gasteiger partial charge in [-0.2, -0.15) is 0 Å². The fraction of sp³-hybridized carbons (Fsp3) is 0.464. The molecule has 2 aromatic carbocycles. The Labute approximate surface area is 211 Å². The highest BCUT2D eigenvalue weighted by Crippen LogP contribution is 2.44. The van der Waals surface area contributed by atoms with Crippen molar-refractivity contribution in [1.29, 1.82) is 0 Å². The summed E-state index contributed by atoms with van der Waals surface area (Å²) in [6.45, 7) is 3.84. The Kier molecular flexibility index (Phi) is 6.71. The highest BCUT2D eigenvalue weighted by molar-refractivity contribution is 6.10. The molecule has 2 saturated heterocycles. The van der Waals surface area contributed by atoms with Gasteiger partial charge in [0.25, 0.3) is 5.91 Å². The van der Waals surface area contributed by atoms with Crippen LogP contribution >= 0.6 is 0 Å². The van der Waals surface area contributed by atoms with Crippen LogP contribution in [0.3, 0.4) is 0 Å². The standard InChI is InChI=1S/C28H33N3O5/c1-28-14-12-26(33)31(28)24-11-4-3-10-23(24)27(34)30(28)15-13-25(32)29(19-22-9-6-16-36-22)18-20-7-5-8-21(17-20)35-2/h3-5,7-8,10-11,17,22H,6,9,12-16,18-19H2,1-2H3.